The molecule has 0 aliphatic carbocycles. The van der Waals surface area contributed by atoms with Crippen molar-refractivity contribution in [3.05, 3.63) is 58.8 Å². The second kappa shape index (κ2) is 8.49. The number of halogens is 1. The number of aromatic nitrogens is 2. The van der Waals surface area contributed by atoms with Crippen LogP contribution in [-0.2, 0) is 16.1 Å². The molecule has 156 valence electrons. The number of carbonyl (C=O) groups excluding carboxylic acids is 1. The van der Waals surface area contributed by atoms with E-state index in [9.17, 15) is 4.79 Å². The van der Waals surface area contributed by atoms with Crippen LogP contribution in [-0.4, -0.2) is 59.8 Å². The van der Waals surface area contributed by atoms with E-state index in [1.807, 2.05) is 35.2 Å². The first-order valence-electron chi connectivity index (χ1n) is 10.5. The molecule has 0 N–H and O–H groups in total. The van der Waals surface area contributed by atoms with Gasteiger partial charge in [0.25, 0.3) is 0 Å². The number of para-hydroxylation sites is 2. The molecular weight excluding hydrogens is 444 g/mol. The number of amides is 1. The highest BCUT2D eigenvalue weighted by Gasteiger charge is 2.34. The Morgan fingerprint density at radius 2 is 1.80 bits per heavy atom. The smallest absolute Gasteiger partial charge is 0.227 e. The predicted molar refractivity (Wildman–Crippen MR) is 121 cm³/mol. The predicted octanol–water partition coefficient (Wildman–Crippen LogP) is 3.65. The number of rotatable bonds is 5. The summed E-state index contributed by atoms with van der Waals surface area (Å²) in [5, 5.41) is 0. The van der Waals surface area contributed by atoms with Gasteiger partial charge < -0.3 is 14.2 Å². The summed E-state index contributed by atoms with van der Waals surface area (Å²) in [7, 11) is 0. The van der Waals surface area contributed by atoms with Crippen LogP contribution in [0.15, 0.2) is 53.0 Å². The summed E-state index contributed by atoms with van der Waals surface area (Å²) in [6, 6.07) is 16.2. The molecule has 1 aromatic heterocycles. The Balaban J connectivity index is 1.42. The van der Waals surface area contributed by atoms with Gasteiger partial charge in [0.05, 0.1) is 24.2 Å². The Hall–Kier alpha value is -2.22. The minimum absolute atomic E-state index is 0.0956. The van der Waals surface area contributed by atoms with E-state index < -0.39 is 0 Å². The topological polar surface area (TPSA) is 50.6 Å². The first-order valence-corrected chi connectivity index (χ1v) is 11.3. The molecule has 0 spiro atoms. The summed E-state index contributed by atoms with van der Waals surface area (Å²) in [5.74, 6) is 1.28. The molecule has 0 unspecified atom stereocenters. The average Bonchev–Trinajstić information content (AvgIpc) is 3.34. The molecule has 2 aromatic carbocycles. The van der Waals surface area contributed by atoms with Crippen LogP contribution < -0.4 is 4.90 Å². The van der Waals surface area contributed by atoms with E-state index in [0.717, 1.165) is 66.4 Å². The number of imidazole rings is 1. The van der Waals surface area contributed by atoms with Crippen LogP contribution in [0, 0.1) is 0 Å². The maximum absolute atomic E-state index is 12.8. The molecule has 7 heteroatoms. The van der Waals surface area contributed by atoms with Crippen molar-refractivity contribution in [2.24, 2.45) is 0 Å². The maximum atomic E-state index is 12.8. The third kappa shape index (κ3) is 3.89. The van der Waals surface area contributed by atoms with Crippen molar-refractivity contribution in [3.63, 3.8) is 0 Å². The lowest BCUT2D eigenvalue weighted by Crippen LogP contribution is -2.38. The lowest BCUT2D eigenvalue weighted by Gasteiger charge is -2.27. The van der Waals surface area contributed by atoms with Crippen LogP contribution in [0.25, 0.3) is 11.0 Å². The number of ether oxygens (including phenoxy) is 1. The van der Waals surface area contributed by atoms with Crippen molar-refractivity contribution in [2.45, 2.75) is 18.9 Å². The molecule has 30 heavy (non-hydrogen) atoms. The molecule has 0 radical (unpaired) electrons. The first-order chi connectivity index (χ1) is 14.7. The van der Waals surface area contributed by atoms with E-state index in [2.05, 4.69) is 43.6 Å². The van der Waals surface area contributed by atoms with Gasteiger partial charge >= 0.3 is 0 Å². The van der Waals surface area contributed by atoms with Gasteiger partial charge in [-0.2, -0.15) is 0 Å². The molecular formula is C23H25BrN4O2. The van der Waals surface area contributed by atoms with Crippen molar-refractivity contribution >= 4 is 38.6 Å². The number of morpholine rings is 1. The van der Waals surface area contributed by atoms with E-state index in [0.29, 0.717) is 13.0 Å². The number of nitrogens with zero attached hydrogens (tertiary/aromatic N) is 4. The highest BCUT2D eigenvalue weighted by atomic mass is 79.9. The summed E-state index contributed by atoms with van der Waals surface area (Å²) in [5.41, 5.74) is 3.10. The van der Waals surface area contributed by atoms with E-state index in [1.165, 1.54) is 0 Å². The van der Waals surface area contributed by atoms with Crippen molar-refractivity contribution in [3.8, 4) is 0 Å². The molecule has 2 aliphatic rings. The molecule has 2 saturated heterocycles. The van der Waals surface area contributed by atoms with Gasteiger partial charge in [0.15, 0.2) is 0 Å². The van der Waals surface area contributed by atoms with Gasteiger partial charge in [0, 0.05) is 55.2 Å². The highest BCUT2D eigenvalue weighted by molar-refractivity contribution is 9.10. The first kappa shape index (κ1) is 19.7. The summed E-state index contributed by atoms with van der Waals surface area (Å²) < 4.78 is 8.82. The fourth-order valence-electron chi connectivity index (χ4n) is 4.46. The number of fused-ring (bicyclic) bond motifs is 1. The molecule has 0 bridgehead atoms. The SMILES string of the molecule is O=C1C[C@H](c2nc3ccccc3n2CCN2CCOCC2)CN1c1ccc(Br)cc1. The van der Waals surface area contributed by atoms with Gasteiger partial charge in [-0.15, -0.1) is 0 Å². The number of hydrogen-bond donors (Lipinski definition) is 0. The number of benzene rings is 2. The van der Waals surface area contributed by atoms with Crippen LogP contribution in [0.2, 0.25) is 0 Å². The third-order valence-corrected chi connectivity index (χ3v) is 6.58. The average molecular weight is 469 g/mol. The quantitative estimate of drug-likeness (QED) is 0.573. The van der Waals surface area contributed by atoms with Gasteiger partial charge in [0.1, 0.15) is 5.82 Å². The van der Waals surface area contributed by atoms with Crippen LogP contribution >= 0.6 is 15.9 Å². The summed E-state index contributed by atoms with van der Waals surface area (Å²) in [6.07, 6.45) is 0.497. The lowest BCUT2D eigenvalue weighted by molar-refractivity contribution is -0.117. The largest absolute Gasteiger partial charge is 0.379 e. The van der Waals surface area contributed by atoms with Crippen LogP contribution in [0.5, 0.6) is 0 Å². The Kier molecular flexibility index (Phi) is 5.58. The zero-order chi connectivity index (χ0) is 20.5. The van der Waals surface area contributed by atoms with E-state index >= 15 is 0 Å². The Morgan fingerprint density at radius 3 is 2.60 bits per heavy atom. The standard InChI is InChI=1S/C23H25BrN4O2/c24-18-5-7-19(8-6-18)28-16-17(15-22(28)29)23-25-20-3-1-2-4-21(20)27(23)10-9-26-11-13-30-14-12-26/h1-8,17H,9-16H2/t17-/m0/s1. The zero-order valence-corrected chi connectivity index (χ0v) is 18.4. The second-order valence-corrected chi connectivity index (χ2v) is 8.86. The lowest BCUT2D eigenvalue weighted by atomic mass is 10.1. The van der Waals surface area contributed by atoms with Gasteiger partial charge in [-0.25, -0.2) is 4.98 Å². The van der Waals surface area contributed by atoms with Gasteiger partial charge in [-0.1, -0.05) is 28.1 Å². The van der Waals surface area contributed by atoms with Crippen molar-refractivity contribution in [1.29, 1.82) is 0 Å². The van der Waals surface area contributed by atoms with E-state index in [4.69, 9.17) is 9.72 Å². The summed E-state index contributed by atoms with van der Waals surface area (Å²) in [4.78, 5) is 22.1. The molecule has 6 nitrogen and oxygen atoms in total. The molecule has 1 amide bonds. The van der Waals surface area contributed by atoms with E-state index in [1.54, 1.807) is 0 Å². The van der Waals surface area contributed by atoms with Crippen molar-refractivity contribution in [2.75, 3.05) is 44.3 Å². The normalized spacial score (nSPS) is 20.4. The fraction of sp³-hybridized carbons (Fsp3) is 0.391. The number of hydrogen-bond acceptors (Lipinski definition) is 4. The molecule has 5 rings (SSSR count). The molecule has 3 heterocycles. The molecule has 2 aliphatic heterocycles. The highest BCUT2D eigenvalue weighted by Crippen LogP contribution is 2.33. The maximum Gasteiger partial charge on any atom is 0.227 e. The molecule has 3 aromatic rings. The fourth-order valence-corrected chi connectivity index (χ4v) is 4.72. The summed E-state index contributed by atoms with van der Waals surface area (Å²) in [6.45, 7) is 6.06. The van der Waals surface area contributed by atoms with Crippen LogP contribution in [0.4, 0.5) is 5.69 Å². The Labute approximate surface area is 184 Å². The minimum atomic E-state index is 0.0956. The van der Waals surface area contributed by atoms with Crippen molar-refractivity contribution < 1.29 is 9.53 Å². The van der Waals surface area contributed by atoms with Crippen molar-refractivity contribution in [1.82, 2.24) is 14.5 Å². The Bertz CT molecular complexity index is 1040. The number of carbonyl (C=O) groups is 1. The summed E-state index contributed by atoms with van der Waals surface area (Å²) >= 11 is 3.47. The molecule has 1 atom stereocenters. The van der Waals surface area contributed by atoms with Crippen LogP contribution in [0.1, 0.15) is 18.2 Å². The second-order valence-electron chi connectivity index (χ2n) is 7.95. The third-order valence-electron chi connectivity index (χ3n) is 6.06. The van der Waals surface area contributed by atoms with Crippen LogP contribution in [0.3, 0.4) is 0 Å². The van der Waals surface area contributed by atoms with Gasteiger partial charge in [0.2, 0.25) is 5.91 Å². The zero-order valence-electron chi connectivity index (χ0n) is 16.8. The molecule has 0 saturated carbocycles. The minimum Gasteiger partial charge on any atom is -0.379 e. The molecule has 2 fully saturated rings. The monoisotopic (exact) mass is 468 g/mol. The van der Waals surface area contributed by atoms with Gasteiger partial charge in [-0.3, -0.25) is 9.69 Å². The van der Waals surface area contributed by atoms with Gasteiger partial charge in [-0.05, 0) is 36.4 Å². The Morgan fingerprint density at radius 1 is 1.03 bits per heavy atom. The number of anilines is 1. The van der Waals surface area contributed by atoms with E-state index in [-0.39, 0.29) is 11.8 Å².